The second kappa shape index (κ2) is 8.64. The first-order chi connectivity index (χ1) is 14.3. The summed E-state index contributed by atoms with van der Waals surface area (Å²) in [5.74, 6) is -2.12. The van der Waals surface area contributed by atoms with E-state index in [1.165, 1.54) is 24.3 Å². The molecule has 0 aliphatic carbocycles. The lowest BCUT2D eigenvalue weighted by molar-refractivity contribution is -0.140. The van der Waals surface area contributed by atoms with Gasteiger partial charge in [0.1, 0.15) is 5.54 Å². The van der Waals surface area contributed by atoms with Crippen molar-refractivity contribution in [2.45, 2.75) is 25.3 Å². The number of nitrogens with two attached hydrogens (primary N) is 1. The van der Waals surface area contributed by atoms with Crippen LogP contribution >= 0.6 is 0 Å². The Hall–Kier alpha value is -3.88. The summed E-state index contributed by atoms with van der Waals surface area (Å²) in [6.07, 6.45) is 0.935. The van der Waals surface area contributed by atoms with Gasteiger partial charge in [0.2, 0.25) is 0 Å². The molecule has 0 saturated carbocycles. The van der Waals surface area contributed by atoms with Gasteiger partial charge in [0, 0.05) is 5.69 Å². The number of anilines is 1. The molecule has 4 amide bonds. The number of carbonyl (C=O) groups is 4. The lowest BCUT2D eigenvalue weighted by Gasteiger charge is -2.21. The SMILES string of the molecule is C[C@@]1(CCc2ccccc2)NC(=O)N(NC(=O)COC(=O)c2ccc(N)cc2)C1=O. The van der Waals surface area contributed by atoms with Gasteiger partial charge in [0.25, 0.3) is 11.8 Å². The fourth-order valence-corrected chi connectivity index (χ4v) is 2.98. The monoisotopic (exact) mass is 410 g/mol. The van der Waals surface area contributed by atoms with E-state index in [-0.39, 0.29) is 5.56 Å². The van der Waals surface area contributed by atoms with Gasteiger partial charge >= 0.3 is 12.0 Å². The zero-order valence-corrected chi connectivity index (χ0v) is 16.4. The second-order valence-corrected chi connectivity index (χ2v) is 7.12. The third-order valence-electron chi connectivity index (χ3n) is 4.73. The zero-order valence-electron chi connectivity index (χ0n) is 16.4. The van der Waals surface area contributed by atoms with E-state index < -0.39 is 36.0 Å². The van der Waals surface area contributed by atoms with Crippen LogP contribution < -0.4 is 16.5 Å². The topological polar surface area (TPSA) is 131 Å². The summed E-state index contributed by atoms with van der Waals surface area (Å²) in [6.45, 7) is 0.949. The highest BCUT2D eigenvalue weighted by Crippen LogP contribution is 2.22. The summed E-state index contributed by atoms with van der Waals surface area (Å²) in [5, 5.41) is 3.22. The number of urea groups is 1. The van der Waals surface area contributed by atoms with Gasteiger partial charge < -0.3 is 15.8 Å². The number of esters is 1. The molecule has 0 bridgehead atoms. The lowest BCUT2D eigenvalue weighted by atomic mass is 9.93. The van der Waals surface area contributed by atoms with Crippen molar-refractivity contribution in [1.29, 1.82) is 0 Å². The number of hydrazine groups is 1. The molecule has 9 heteroatoms. The standard InChI is InChI=1S/C21H22N4O5/c1-21(12-11-14-5-3-2-4-6-14)19(28)25(20(29)23-21)24-17(26)13-30-18(27)15-7-9-16(22)10-8-15/h2-10H,11-13,22H2,1H3,(H,23,29)(H,24,26)/t21-/m0/s1. The molecule has 1 heterocycles. The number of ether oxygens (including phenoxy) is 1. The number of aryl methyl sites for hydroxylation is 1. The molecule has 9 nitrogen and oxygen atoms in total. The Bertz CT molecular complexity index is 961. The molecule has 4 N–H and O–H groups in total. The number of carbonyl (C=O) groups excluding carboxylic acids is 4. The predicted octanol–water partition coefficient (Wildman–Crippen LogP) is 1.40. The minimum absolute atomic E-state index is 0.223. The Kier molecular flexibility index (Phi) is 6.01. The van der Waals surface area contributed by atoms with Crippen LogP contribution in [0, 0.1) is 0 Å². The van der Waals surface area contributed by atoms with Crippen molar-refractivity contribution in [2.24, 2.45) is 0 Å². The van der Waals surface area contributed by atoms with E-state index in [0.717, 1.165) is 5.56 Å². The zero-order chi connectivity index (χ0) is 21.7. The molecule has 156 valence electrons. The summed E-state index contributed by atoms with van der Waals surface area (Å²) >= 11 is 0. The molecule has 0 spiro atoms. The Morgan fingerprint density at radius 3 is 2.43 bits per heavy atom. The third-order valence-corrected chi connectivity index (χ3v) is 4.73. The summed E-state index contributed by atoms with van der Waals surface area (Å²) in [7, 11) is 0. The molecule has 1 atom stereocenters. The molecule has 3 rings (SSSR count). The summed E-state index contributed by atoms with van der Waals surface area (Å²) < 4.78 is 4.91. The maximum absolute atomic E-state index is 12.7. The highest BCUT2D eigenvalue weighted by molar-refractivity contribution is 6.07. The second-order valence-electron chi connectivity index (χ2n) is 7.12. The molecule has 1 saturated heterocycles. The van der Waals surface area contributed by atoms with Gasteiger partial charge in [-0.1, -0.05) is 30.3 Å². The molecular formula is C21H22N4O5. The number of hydrogen-bond donors (Lipinski definition) is 3. The van der Waals surface area contributed by atoms with Crippen LogP contribution in [0.1, 0.15) is 29.3 Å². The molecule has 30 heavy (non-hydrogen) atoms. The molecule has 2 aromatic rings. The van der Waals surface area contributed by atoms with Crippen molar-refractivity contribution >= 4 is 29.5 Å². The minimum atomic E-state index is -1.15. The highest BCUT2D eigenvalue weighted by atomic mass is 16.5. The van der Waals surface area contributed by atoms with Crippen LogP contribution in [0.2, 0.25) is 0 Å². The third kappa shape index (κ3) is 4.75. The van der Waals surface area contributed by atoms with Crippen LogP contribution in [-0.2, 0) is 20.7 Å². The summed E-state index contributed by atoms with van der Waals surface area (Å²) in [6, 6.07) is 14.8. The Morgan fingerprint density at radius 1 is 1.10 bits per heavy atom. The van der Waals surface area contributed by atoms with Crippen LogP contribution in [0.3, 0.4) is 0 Å². The van der Waals surface area contributed by atoms with Gasteiger partial charge in [0.05, 0.1) is 5.56 Å². The van der Waals surface area contributed by atoms with E-state index in [4.69, 9.17) is 10.5 Å². The number of amides is 4. The van der Waals surface area contributed by atoms with Gasteiger partial charge in [-0.3, -0.25) is 15.0 Å². The predicted molar refractivity (Wildman–Crippen MR) is 108 cm³/mol. The molecule has 1 fully saturated rings. The smallest absolute Gasteiger partial charge is 0.344 e. The number of rotatable bonds is 7. The van der Waals surface area contributed by atoms with Crippen molar-refractivity contribution < 1.29 is 23.9 Å². The molecule has 2 aromatic carbocycles. The van der Waals surface area contributed by atoms with Crippen LogP contribution in [0.25, 0.3) is 0 Å². The van der Waals surface area contributed by atoms with Crippen LogP contribution in [0.15, 0.2) is 54.6 Å². The van der Waals surface area contributed by atoms with Gasteiger partial charge in [-0.2, -0.15) is 5.01 Å². The van der Waals surface area contributed by atoms with Gasteiger partial charge in [0.15, 0.2) is 6.61 Å². The highest BCUT2D eigenvalue weighted by Gasteiger charge is 2.48. The average Bonchev–Trinajstić information content (AvgIpc) is 2.95. The molecular weight excluding hydrogens is 388 g/mol. The van der Waals surface area contributed by atoms with Crippen LogP contribution in [-0.4, -0.2) is 41.0 Å². The molecule has 1 aliphatic heterocycles. The first-order valence-electron chi connectivity index (χ1n) is 9.31. The van der Waals surface area contributed by atoms with Gasteiger partial charge in [-0.25, -0.2) is 9.59 Å². The van der Waals surface area contributed by atoms with E-state index >= 15 is 0 Å². The molecule has 0 radical (unpaired) electrons. The summed E-state index contributed by atoms with van der Waals surface area (Å²) in [5.41, 5.74) is 8.32. The molecule has 0 aromatic heterocycles. The number of nitrogen functional groups attached to an aromatic ring is 1. The van der Waals surface area contributed by atoms with E-state index in [0.29, 0.717) is 23.5 Å². The van der Waals surface area contributed by atoms with Crippen molar-refractivity contribution in [1.82, 2.24) is 15.8 Å². The van der Waals surface area contributed by atoms with Crippen molar-refractivity contribution in [3.05, 3.63) is 65.7 Å². The normalized spacial score (nSPS) is 18.1. The lowest BCUT2D eigenvalue weighted by Crippen LogP contribution is -2.50. The Balaban J connectivity index is 1.53. The number of imide groups is 1. The fraction of sp³-hybridized carbons (Fsp3) is 0.238. The molecule has 1 aliphatic rings. The quantitative estimate of drug-likeness (QED) is 0.359. The first kappa shape index (κ1) is 20.8. The Morgan fingerprint density at radius 2 is 1.77 bits per heavy atom. The van der Waals surface area contributed by atoms with Crippen molar-refractivity contribution in [3.8, 4) is 0 Å². The largest absolute Gasteiger partial charge is 0.452 e. The van der Waals surface area contributed by atoms with Crippen LogP contribution in [0.5, 0.6) is 0 Å². The fourth-order valence-electron chi connectivity index (χ4n) is 2.98. The van der Waals surface area contributed by atoms with Gasteiger partial charge in [-0.15, -0.1) is 0 Å². The maximum Gasteiger partial charge on any atom is 0.344 e. The minimum Gasteiger partial charge on any atom is -0.452 e. The van der Waals surface area contributed by atoms with Crippen molar-refractivity contribution in [3.63, 3.8) is 0 Å². The van der Waals surface area contributed by atoms with E-state index in [2.05, 4.69) is 10.7 Å². The number of hydrogen-bond acceptors (Lipinski definition) is 6. The van der Waals surface area contributed by atoms with Gasteiger partial charge in [-0.05, 0) is 49.6 Å². The number of nitrogens with zero attached hydrogens (tertiary/aromatic N) is 1. The average molecular weight is 410 g/mol. The van der Waals surface area contributed by atoms with Crippen molar-refractivity contribution in [2.75, 3.05) is 12.3 Å². The van der Waals surface area contributed by atoms with E-state index in [1.54, 1.807) is 6.92 Å². The van der Waals surface area contributed by atoms with E-state index in [9.17, 15) is 19.2 Å². The number of nitrogens with one attached hydrogen (secondary N) is 2. The first-order valence-corrected chi connectivity index (χ1v) is 9.31. The molecule has 0 unspecified atom stereocenters. The summed E-state index contributed by atoms with van der Waals surface area (Å²) in [4.78, 5) is 48.9. The number of benzene rings is 2. The van der Waals surface area contributed by atoms with E-state index in [1.807, 2.05) is 30.3 Å². The maximum atomic E-state index is 12.7. The van der Waals surface area contributed by atoms with Crippen LogP contribution in [0.4, 0.5) is 10.5 Å². The Labute approximate surface area is 173 Å².